The highest BCUT2D eigenvalue weighted by molar-refractivity contribution is 4.90. The van der Waals surface area contributed by atoms with Gasteiger partial charge in [-0.1, -0.05) is 32.4 Å². The van der Waals surface area contributed by atoms with Crippen LogP contribution in [0.1, 0.15) is 46.0 Å². The van der Waals surface area contributed by atoms with Crippen molar-refractivity contribution >= 4 is 0 Å². The molecule has 0 aromatic rings. The van der Waals surface area contributed by atoms with Gasteiger partial charge >= 0.3 is 0 Å². The van der Waals surface area contributed by atoms with Crippen molar-refractivity contribution in [2.75, 3.05) is 0 Å². The van der Waals surface area contributed by atoms with Gasteiger partial charge in [-0.2, -0.15) is 0 Å². The fraction of sp³-hybridized carbons (Fsp3) is 0.800. The van der Waals surface area contributed by atoms with Gasteiger partial charge in [0, 0.05) is 0 Å². The van der Waals surface area contributed by atoms with Crippen LogP contribution in [0.2, 0.25) is 0 Å². The van der Waals surface area contributed by atoms with Gasteiger partial charge in [-0.15, -0.1) is 0 Å². The molecule has 0 spiro atoms. The van der Waals surface area contributed by atoms with Gasteiger partial charge in [-0.3, -0.25) is 0 Å². The number of hydrogen-bond acceptors (Lipinski definition) is 0. The summed E-state index contributed by atoms with van der Waals surface area (Å²) < 4.78 is 0. The lowest BCUT2D eigenvalue weighted by atomic mass is 9.80. The predicted octanol–water partition coefficient (Wildman–Crippen LogP) is 3.53. The van der Waals surface area contributed by atoms with Gasteiger partial charge in [0.05, 0.1) is 0 Å². The Hall–Kier alpha value is -0.260. The maximum atomic E-state index is 2.42. The smallest absolute Gasteiger partial charge is 0.0323 e. The van der Waals surface area contributed by atoms with Gasteiger partial charge in [-0.05, 0) is 31.1 Å². The Morgan fingerprint density at radius 2 is 1.70 bits per heavy atom. The third kappa shape index (κ3) is 1.86. The van der Waals surface area contributed by atoms with Gasteiger partial charge in [0.1, 0.15) is 0 Å². The van der Waals surface area contributed by atoms with E-state index in [1.807, 2.05) is 0 Å². The van der Waals surface area contributed by atoms with Crippen molar-refractivity contribution in [1.82, 2.24) is 0 Å². The Morgan fingerprint density at radius 3 is 2.10 bits per heavy atom. The van der Waals surface area contributed by atoms with Gasteiger partial charge in [-0.25, -0.2) is 0 Å². The molecule has 0 aromatic heterocycles. The molecule has 1 rings (SSSR count). The summed E-state index contributed by atoms with van der Waals surface area (Å²) in [6.45, 7) is 4.73. The Morgan fingerprint density at radius 1 is 1.20 bits per heavy atom. The van der Waals surface area contributed by atoms with Crippen LogP contribution in [0.3, 0.4) is 0 Å². The van der Waals surface area contributed by atoms with Crippen LogP contribution >= 0.6 is 0 Å². The number of rotatable bonds is 1. The first kappa shape index (κ1) is 7.84. The Bertz CT molecular complexity index is 112. The van der Waals surface area contributed by atoms with E-state index in [1.165, 1.54) is 32.1 Å². The second kappa shape index (κ2) is 3.23. The second-order valence-corrected chi connectivity index (χ2v) is 3.71. The zero-order chi connectivity index (χ0) is 7.45. The summed E-state index contributed by atoms with van der Waals surface area (Å²) in [5.41, 5.74) is 0.642. The maximum absolute atomic E-state index is 2.42. The molecule has 0 heteroatoms. The topological polar surface area (TPSA) is 0 Å². The predicted molar refractivity (Wildman–Crippen MR) is 46.0 cm³/mol. The molecule has 0 bridgehead atoms. The molecular formula is C10H18. The molecule has 1 aliphatic carbocycles. The molecule has 58 valence electrons. The lowest BCUT2D eigenvalue weighted by molar-refractivity contribution is 0.270. The molecule has 0 amide bonds. The molecule has 0 aliphatic heterocycles. The van der Waals surface area contributed by atoms with Crippen LogP contribution in [0.15, 0.2) is 12.2 Å². The zero-order valence-electron chi connectivity index (χ0n) is 7.19. The molecule has 0 aromatic carbocycles. The average molecular weight is 138 g/mol. The largest absolute Gasteiger partial charge is 0.0885 e. The minimum Gasteiger partial charge on any atom is -0.0885 e. The molecule has 0 saturated heterocycles. The molecule has 0 fully saturated rings. The molecule has 10 heavy (non-hydrogen) atoms. The zero-order valence-corrected chi connectivity index (χ0v) is 7.19. The second-order valence-electron chi connectivity index (χ2n) is 3.71. The fourth-order valence-electron chi connectivity index (χ4n) is 1.58. The fourth-order valence-corrected chi connectivity index (χ4v) is 1.58. The van der Waals surface area contributed by atoms with Crippen molar-refractivity contribution in [3.63, 3.8) is 0 Å². The monoisotopic (exact) mass is 138 g/mol. The minimum absolute atomic E-state index is 0.642. The van der Waals surface area contributed by atoms with E-state index in [1.54, 1.807) is 0 Å². The first-order valence-electron chi connectivity index (χ1n) is 4.42. The maximum Gasteiger partial charge on any atom is -0.0323 e. The molecule has 0 heterocycles. The van der Waals surface area contributed by atoms with Crippen LogP contribution in [0.4, 0.5) is 0 Å². The van der Waals surface area contributed by atoms with Crippen LogP contribution < -0.4 is 0 Å². The molecule has 0 N–H and O–H groups in total. The Labute approximate surface area is 64.3 Å². The van der Waals surface area contributed by atoms with Crippen molar-refractivity contribution in [2.45, 2.75) is 46.0 Å². The molecule has 0 atom stereocenters. The van der Waals surface area contributed by atoms with Crippen LogP contribution in [0, 0.1) is 5.41 Å². The summed E-state index contributed by atoms with van der Waals surface area (Å²) in [5, 5.41) is 0. The van der Waals surface area contributed by atoms with E-state index in [4.69, 9.17) is 0 Å². The molecule has 0 unspecified atom stereocenters. The molecule has 0 saturated carbocycles. The van der Waals surface area contributed by atoms with E-state index >= 15 is 0 Å². The normalized spacial score (nSPS) is 24.2. The van der Waals surface area contributed by atoms with Gasteiger partial charge < -0.3 is 0 Å². The van der Waals surface area contributed by atoms with Crippen molar-refractivity contribution in [3.8, 4) is 0 Å². The SMILES string of the molecule is CCC1(C)CCC=CCC1. The average Bonchev–Trinajstić information content (AvgIpc) is 2.15. The van der Waals surface area contributed by atoms with Gasteiger partial charge in [0.25, 0.3) is 0 Å². The van der Waals surface area contributed by atoms with E-state index < -0.39 is 0 Å². The van der Waals surface area contributed by atoms with E-state index in [0.717, 1.165) is 0 Å². The van der Waals surface area contributed by atoms with Crippen LogP contribution in [-0.2, 0) is 0 Å². The minimum atomic E-state index is 0.642. The van der Waals surface area contributed by atoms with Crippen molar-refractivity contribution in [1.29, 1.82) is 0 Å². The van der Waals surface area contributed by atoms with Gasteiger partial charge in [0.15, 0.2) is 0 Å². The lowest BCUT2D eigenvalue weighted by Gasteiger charge is -2.25. The van der Waals surface area contributed by atoms with Crippen LogP contribution in [0.25, 0.3) is 0 Å². The van der Waals surface area contributed by atoms with E-state index in [-0.39, 0.29) is 0 Å². The van der Waals surface area contributed by atoms with E-state index in [9.17, 15) is 0 Å². The molecular weight excluding hydrogens is 120 g/mol. The first-order chi connectivity index (χ1) is 4.77. The number of hydrogen-bond donors (Lipinski definition) is 0. The van der Waals surface area contributed by atoms with Crippen molar-refractivity contribution in [3.05, 3.63) is 12.2 Å². The lowest BCUT2D eigenvalue weighted by Crippen LogP contribution is -2.13. The summed E-state index contributed by atoms with van der Waals surface area (Å²) in [7, 11) is 0. The summed E-state index contributed by atoms with van der Waals surface area (Å²) in [5.74, 6) is 0. The Kier molecular flexibility index (Phi) is 2.53. The molecule has 1 aliphatic rings. The van der Waals surface area contributed by atoms with Crippen molar-refractivity contribution in [2.24, 2.45) is 5.41 Å². The van der Waals surface area contributed by atoms with Gasteiger partial charge in [0.2, 0.25) is 0 Å². The summed E-state index contributed by atoms with van der Waals surface area (Å²) in [6.07, 6.45) is 11.4. The van der Waals surface area contributed by atoms with Crippen LogP contribution in [-0.4, -0.2) is 0 Å². The summed E-state index contributed by atoms with van der Waals surface area (Å²) in [4.78, 5) is 0. The first-order valence-corrected chi connectivity index (χ1v) is 4.42. The summed E-state index contributed by atoms with van der Waals surface area (Å²) >= 11 is 0. The molecule has 0 nitrogen and oxygen atoms in total. The summed E-state index contributed by atoms with van der Waals surface area (Å²) in [6, 6.07) is 0. The van der Waals surface area contributed by atoms with E-state index in [2.05, 4.69) is 26.0 Å². The highest BCUT2D eigenvalue weighted by Gasteiger charge is 2.20. The number of allylic oxidation sites excluding steroid dienone is 2. The highest BCUT2D eigenvalue weighted by atomic mass is 14.3. The Balaban J connectivity index is 2.47. The van der Waals surface area contributed by atoms with Crippen molar-refractivity contribution < 1.29 is 0 Å². The quantitative estimate of drug-likeness (QED) is 0.486. The van der Waals surface area contributed by atoms with Crippen LogP contribution in [0.5, 0.6) is 0 Å². The highest BCUT2D eigenvalue weighted by Crippen LogP contribution is 2.34. The third-order valence-electron chi connectivity index (χ3n) is 2.85. The van der Waals surface area contributed by atoms with E-state index in [0.29, 0.717) is 5.41 Å². The standard InChI is InChI=1S/C10H18/c1-3-10(2)8-6-4-5-7-9-10/h4-5H,3,6-9H2,1-2H3. The molecule has 0 radical (unpaired) electrons. The third-order valence-corrected chi connectivity index (χ3v) is 2.85.